The van der Waals surface area contributed by atoms with Crippen LogP contribution in [-0.4, -0.2) is 78.8 Å². The third-order valence-corrected chi connectivity index (χ3v) is 9.40. The van der Waals surface area contributed by atoms with Crippen LogP contribution in [-0.2, 0) is 21.2 Å². The van der Waals surface area contributed by atoms with E-state index in [1.807, 2.05) is 19.1 Å². The molecule has 0 aliphatic carbocycles. The van der Waals surface area contributed by atoms with Crippen LogP contribution in [0, 0.1) is 6.92 Å². The predicted molar refractivity (Wildman–Crippen MR) is 155 cm³/mol. The molecule has 13 nitrogen and oxygen atoms in total. The second-order valence-corrected chi connectivity index (χ2v) is 12.7. The smallest absolute Gasteiger partial charge is 0.320 e. The normalized spacial score (nSPS) is 21.0. The van der Waals surface area contributed by atoms with Gasteiger partial charge in [-0.3, -0.25) is 4.57 Å². The number of aliphatic hydroxyl groups excluding tert-OH is 3. The Morgan fingerprint density at radius 3 is 2.60 bits per heavy atom. The summed E-state index contributed by atoms with van der Waals surface area (Å²) in [7, 11) is -3.87. The van der Waals surface area contributed by atoms with Gasteiger partial charge in [-0.05, 0) is 36.8 Å². The van der Waals surface area contributed by atoms with Crippen molar-refractivity contribution in [3.63, 3.8) is 0 Å². The van der Waals surface area contributed by atoms with Gasteiger partial charge in [-0.25, -0.2) is 17.4 Å². The summed E-state index contributed by atoms with van der Waals surface area (Å²) < 4.78 is 41.9. The number of aliphatic hydroxyl groups is 3. The van der Waals surface area contributed by atoms with Gasteiger partial charge in [0.05, 0.1) is 30.0 Å². The fourth-order valence-corrected chi connectivity index (χ4v) is 6.72. The Morgan fingerprint density at radius 2 is 1.88 bits per heavy atom. The zero-order valence-electron chi connectivity index (χ0n) is 22.2. The highest BCUT2D eigenvalue weighted by Crippen LogP contribution is 2.33. The summed E-state index contributed by atoms with van der Waals surface area (Å²) in [4.78, 5) is 12.9. The number of hydrogen-bond acceptors (Lipinski definition) is 11. The molecule has 1 aliphatic heterocycles. The Hall–Kier alpha value is -3.60. The van der Waals surface area contributed by atoms with E-state index in [1.165, 1.54) is 14.9 Å². The summed E-state index contributed by atoms with van der Waals surface area (Å²) in [5, 5.41) is 30.8. The van der Waals surface area contributed by atoms with Crippen molar-refractivity contribution < 1.29 is 33.2 Å². The van der Waals surface area contributed by atoms with Crippen molar-refractivity contribution in [1.29, 1.82) is 0 Å². The van der Waals surface area contributed by atoms with Crippen LogP contribution >= 0.6 is 15.9 Å². The average Bonchev–Trinajstić information content (AvgIpc) is 3.63. The second kappa shape index (κ2) is 10.9. The van der Waals surface area contributed by atoms with Crippen LogP contribution in [0.1, 0.15) is 17.4 Å². The molecule has 42 heavy (non-hydrogen) atoms. The first-order valence-corrected chi connectivity index (χ1v) is 15.2. The zero-order valence-corrected chi connectivity index (χ0v) is 24.6. The number of fused-ring (bicyclic) bond motifs is 2. The van der Waals surface area contributed by atoms with E-state index in [0.717, 1.165) is 21.0 Å². The highest BCUT2D eigenvalue weighted by atomic mass is 79.9. The molecular weight excluding hydrogens is 632 g/mol. The van der Waals surface area contributed by atoms with E-state index in [-0.39, 0.29) is 34.5 Å². The summed E-state index contributed by atoms with van der Waals surface area (Å²) in [6, 6.07) is 12.0. The quantitative estimate of drug-likeness (QED) is 0.191. The van der Waals surface area contributed by atoms with Gasteiger partial charge >= 0.3 is 6.01 Å². The van der Waals surface area contributed by atoms with Crippen LogP contribution < -0.4 is 10.5 Å². The van der Waals surface area contributed by atoms with E-state index < -0.39 is 41.2 Å². The number of nitrogens with zero attached hydrogens (tertiary/aromatic N) is 5. The molecule has 6 rings (SSSR count). The Labute approximate surface area is 248 Å². The van der Waals surface area contributed by atoms with Crippen molar-refractivity contribution >= 4 is 53.8 Å². The Bertz CT molecular complexity index is 1890. The molecule has 0 radical (unpaired) electrons. The summed E-state index contributed by atoms with van der Waals surface area (Å²) >= 11 is 3.44. The van der Waals surface area contributed by atoms with Gasteiger partial charge in [0.25, 0.3) is 10.0 Å². The SMILES string of the molecule is Cc1ccc(S(=O)(=O)n2cc(CCOc3nc(N)c4ncn([C@@H]5O[C@H](CO)[C@@H](O)[C@H]5O)c4n3)c3ccc(Br)cc32)cc1. The molecule has 5 aromatic rings. The van der Waals surface area contributed by atoms with Gasteiger partial charge in [0.1, 0.15) is 18.3 Å². The van der Waals surface area contributed by atoms with Gasteiger partial charge in [-0.15, -0.1) is 0 Å². The highest BCUT2D eigenvalue weighted by molar-refractivity contribution is 9.10. The number of rotatable bonds is 8. The topological polar surface area (TPSA) is 188 Å². The zero-order chi connectivity index (χ0) is 29.8. The fraction of sp³-hybridized carbons (Fsp3) is 0.296. The average molecular weight is 660 g/mol. The largest absolute Gasteiger partial charge is 0.463 e. The van der Waals surface area contributed by atoms with E-state index in [1.54, 1.807) is 36.5 Å². The van der Waals surface area contributed by atoms with Gasteiger partial charge in [0.15, 0.2) is 23.2 Å². The van der Waals surface area contributed by atoms with Crippen molar-refractivity contribution in [2.45, 2.75) is 42.8 Å². The van der Waals surface area contributed by atoms with Crippen molar-refractivity contribution in [1.82, 2.24) is 23.5 Å². The lowest BCUT2D eigenvalue weighted by molar-refractivity contribution is -0.0511. The van der Waals surface area contributed by atoms with E-state index in [2.05, 4.69) is 30.9 Å². The summed E-state index contributed by atoms with van der Waals surface area (Å²) in [6.07, 6.45) is -1.42. The van der Waals surface area contributed by atoms with Crippen molar-refractivity contribution in [3.8, 4) is 6.01 Å². The number of ether oxygens (including phenoxy) is 2. The minimum absolute atomic E-state index is 0.0335. The lowest BCUT2D eigenvalue weighted by Gasteiger charge is -2.16. The Morgan fingerprint density at radius 1 is 1.12 bits per heavy atom. The van der Waals surface area contributed by atoms with Crippen molar-refractivity contribution in [2.75, 3.05) is 18.9 Å². The molecule has 1 saturated heterocycles. The lowest BCUT2D eigenvalue weighted by Crippen LogP contribution is -2.33. The number of aryl methyl sites for hydroxylation is 1. The molecule has 0 bridgehead atoms. The molecule has 1 aliphatic rings. The molecule has 4 atom stereocenters. The Balaban J connectivity index is 1.27. The van der Waals surface area contributed by atoms with Crippen LogP contribution in [0.3, 0.4) is 0 Å². The lowest BCUT2D eigenvalue weighted by atomic mass is 10.1. The molecule has 15 heteroatoms. The molecule has 1 fully saturated rings. The number of hydrogen-bond donors (Lipinski definition) is 4. The van der Waals surface area contributed by atoms with E-state index in [9.17, 15) is 23.7 Å². The van der Waals surface area contributed by atoms with Gasteiger partial charge in [0, 0.05) is 22.5 Å². The van der Waals surface area contributed by atoms with E-state index in [0.29, 0.717) is 11.9 Å². The molecule has 220 valence electrons. The van der Waals surface area contributed by atoms with E-state index in [4.69, 9.17) is 15.2 Å². The first-order valence-electron chi connectivity index (χ1n) is 13.0. The van der Waals surface area contributed by atoms with E-state index >= 15 is 0 Å². The maximum atomic E-state index is 13.6. The summed E-state index contributed by atoms with van der Waals surface area (Å²) in [6.45, 7) is 1.50. The minimum Gasteiger partial charge on any atom is -0.463 e. The Kier molecular flexibility index (Phi) is 7.41. The maximum absolute atomic E-state index is 13.6. The number of halogens is 1. The fourth-order valence-electron chi connectivity index (χ4n) is 4.99. The number of benzene rings is 2. The molecule has 0 amide bonds. The van der Waals surface area contributed by atoms with Crippen LogP contribution in [0.15, 0.2) is 64.4 Å². The second-order valence-electron chi connectivity index (χ2n) is 9.97. The third kappa shape index (κ3) is 4.91. The summed E-state index contributed by atoms with van der Waals surface area (Å²) in [5.41, 5.74) is 8.76. The van der Waals surface area contributed by atoms with Gasteiger partial charge < -0.3 is 30.5 Å². The molecule has 5 N–H and O–H groups in total. The van der Waals surface area contributed by atoms with Gasteiger partial charge in [0.2, 0.25) is 0 Å². The standard InChI is InChI=1S/C27H27BrN6O7S/c1-14-2-5-17(6-3-14)42(38,39)34-11-15(18-7-4-16(28)10-19(18)34)8-9-40-27-31-24(29)21-25(32-27)33(13-30-21)26-23(37)22(36)20(12-35)41-26/h2-7,10-11,13,20,22-23,26,35-37H,8-9,12H2,1H3,(H2,29,31,32)/t20-,22-,23-,26-/m1/s1. The van der Waals surface area contributed by atoms with Gasteiger partial charge in [-0.2, -0.15) is 9.97 Å². The van der Waals surface area contributed by atoms with Gasteiger partial charge in [-0.1, -0.05) is 39.7 Å². The monoisotopic (exact) mass is 658 g/mol. The van der Waals surface area contributed by atoms with Crippen LogP contribution in [0.4, 0.5) is 5.82 Å². The summed E-state index contributed by atoms with van der Waals surface area (Å²) in [5.74, 6) is 0.0335. The first-order chi connectivity index (χ1) is 20.1. The first kappa shape index (κ1) is 28.5. The van der Waals surface area contributed by atoms with Crippen molar-refractivity contribution in [3.05, 3.63) is 70.6 Å². The number of nitrogen functional groups attached to an aromatic ring is 1. The van der Waals surface area contributed by atoms with Crippen LogP contribution in [0.5, 0.6) is 6.01 Å². The number of aromatic nitrogens is 5. The van der Waals surface area contributed by atoms with Crippen molar-refractivity contribution in [2.24, 2.45) is 0 Å². The molecule has 0 saturated carbocycles. The molecule has 3 aromatic heterocycles. The molecule has 0 unspecified atom stereocenters. The number of imidazole rings is 1. The van der Waals surface area contributed by atoms with Crippen LogP contribution in [0.25, 0.3) is 22.1 Å². The minimum atomic E-state index is -3.87. The molecule has 0 spiro atoms. The highest BCUT2D eigenvalue weighted by Gasteiger charge is 2.44. The maximum Gasteiger partial charge on any atom is 0.320 e. The molecule has 4 heterocycles. The predicted octanol–water partition coefficient (Wildman–Crippen LogP) is 1.90. The third-order valence-electron chi connectivity index (χ3n) is 7.22. The molecular formula is C27H27BrN6O7S. The molecule has 2 aromatic carbocycles. The number of nitrogens with two attached hydrogens (primary N) is 1. The van der Waals surface area contributed by atoms with Crippen LogP contribution in [0.2, 0.25) is 0 Å². The number of anilines is 1.